The Hall–Kier alpha value is -6.12. The maximum absolute atomic E-state index is 6.41. The van der Waals surface area contributed by atoms with Gasteiger partial charge in [0.1, 0.15) is 11.5 Å². The van der Waals surface area contributed by atoms with Crippen LogP contribution in [0.1, 0.15) is 0 Å². The molecule has 1 aromatic heterocycles. The van der Waals surface area contributed by atoms with E-state index in [0.717, 1.165) is 22.7 Å². The molecule has 8 aromatic carbocycles. The lowest BCUT2D eigenvalue weighted by Gasteiger charge is -2.22. The number of ether oxygens (including phenoxy) is 1. The van der Waals surface area contributed by atoms with E-state index in [1.54, 1.807) is 0 Å². The SMILES string of the molecule is c1cc(-c2ccccc2-c2ccc3c(c2)-c2cccc4cccc(c24)O3)cc(-n2c3ccccc3c3ccc4ccccc4c32)c1. The first kappa shape index (κ1) is 25.2. The van der Waals surface area contributed by atoms with Crippen LogP contribution in [0.25, 0.3) is 82.4 Å². The molecule has 9 aromatic rings. The van der Waals surface area contributed by atoms with Gasteiger partial charge in [0, 0.05) is 32.8 Å². The highest BCUT2D eigenvalue weighted by molar-refractivity contribution is 6.18. The van der Waals surface area contributed by atoms with Gasteiger partial charge in [-0.2, -0.15) is 0 Å². The number of aromatic nitrogens is 1. The minimum atomic E-state index is 0.896. The van der Waals surface area contributed by atoms with Gasteiger partial charge in [-0.05, 0) is 75.0 Å². The minimum absolute atomic E-state index is 0.896. The smallest absolute Gasteiger partial charge is 0.135 e. The molecule has 0 spiro atoms. The van der Waals surface area contributed by atoms with Crippen LogP contribution in [-0.2, 0) is 0 Å². The van der Waals surface area contributed by atoms with Gasteiger partial charge in [0.2, 0.25) is 0 Å². The number of nitrogens with zero attached hydrogens (tertiary/aromatic N) is 1. The standard InChI is InChI=1S/C44H27NO/c1-2-17-35-28(10-1)22-24-38-36-18-5-6-20-40(36)45(44(35)38)32-14-7-13-30(26-32)33-15-3-4-16-34(33)31-23-25-41-39(27-31)37-19-8-11-29-12-9-21-42(46-41)43(29)37/h1-27H. The summed E-state index contributed by atoms with van der Waals surface area (Å²) in [6, 6.07) is 59.1. The van der Waals surface area contributed by atoms with Crippen LogP contribution in [0, 0.1) is 0 Å². The second kappa shape index (κ2) is 9.69. The van der Waals surface area contributed by atoms with Gasteiger partial charge in [-0.15, -0.1) is 0 Å². The summed E-state index contributed by atoms with van der Waals surface area (Å²) >= 11 is 0. The van der Waals surface area contributed by atoms with E-state index in [0.29, 0.717) is 0 Å². The molecule has 1 aliphatic rings. The van der Waals surface area contributed by atoms with Crippen molar-refractivity contribution in [1.29, 1.82) is 0 Å². The summed E-state index contributed by atoms with van der Waals surface area (Å²) in [6.45, 7) is 0. The van der Waals surface area contributed by atoms with E-state index in [9.17, 15) is 0 Å². The quantitative estimate of drug-likeness (QED) is 0.201. The Labute approximate surface area is 266 Å². The number of fused-ring (bicyclic) bond motifs is 7. The van der Waals surface area contributed by atoms with Crippen molar-refractivity contribution in [2.45, 2.75) is 0 Å². The van der Waals surface area contributed by atoms with Crippen LogP contribution >= 0.6 is 0 Å². The Balaban J connectivity index is 1.16. The highest BCUT2D eigenvalue weighted by Gasteiger charge is 2.21. The van der Waals surface area contributed by atoms with Crippen molar-refractivity contribution in [2.24, 2.45) is 0 Å². The molecule has 0 atom stereocenters. The molecule has 10 rings (SSSR count). The molecule has 0 saturated carbocycles. The topological polar surface area (TPSA) is 14.2 Å². The fourth-order valence-electron chi connectivity index (χ4n) is 7.53. The lowest BCUT2D eigenvalue weighted by atomic mass is 9.90. The fraction of sp³-hybridized carbons (Fsp3) is 0. The molecule has 0 radical (unpaired) electrons. The zero-order valence-corrected chi connectivity index (χ0v) is 24.9. The molecule has 0 unspecified atom stereocenters. The molecule has 46 heavy (non-hydrogen) atoms. The molecule has 0 bridgehead atoms. The summed E-state index contributed by atoms with van der Waals surface area (Å²) in [6.07, 6.45) is 0. The van der Waals surface area contributed by atoms with E-state index in [-0.39, 0.29) is 0 Å². The summed E-state index contributed by atoms with van der Waals surface area (Å²) in [5.74, 6) is 1.82. The lowest BCUT2D eigenvalue weighted by molar-refractivity contribution is 0.487. The molecule has 0 aliphatic carbocycles. The highest BCUT2D eigenvalue weighted by Crippen LogP contribution is 2.48. The molecule has 214 valence electrons. The van der Waals surface area contributed by atoms with Gasteiger partial charge >= 0.3 is 0 Å². The minimum Gasteiger partial charge on any atom is -0.456 e. The number of hydrogen-bond acceptors (Lipinski definition) is 1. The van der Waals surface area contributed by atoms with Crippen LogP contribution < -0.4 is 4.74 Å². The molecular weight excluding hydrogens is 558 g/mol. The number of hydrogen-bond donors (Lipinski definition) is 0. The monoisotopic (exact) mass is 585 g/mol. The van der Waals surface area contributed by atoms with E-state index in [2.05, 4.69) is 168 Å². The summed E-state index contributed by atoms with van der Waals surface area (Å²) < 4.78 is 8.85. The van der Waals surface area contributed by atoms with Crippen molar-refractivity contribution < 1.29 is 4.74 Å². The first-order chi connectivity index (χ1) is 22.8. The normalized spacial score (nSPS) is 12.1. The molecule has 0 N–H and O–H groups in total. The van der Waals surface area contributed by atoms with Crippen LogP contribution in [0.3, 0.4) is 0 Å². The van der Waals surface area contributed by atoms with Crippen molar-refractivity contribution in [1.82, 2.24) is 4.57 Å². The third-order valence-electron chi connectivity index (χ3n) is 9.57. The van der Waals surface area contributed by atoms with E-state index < -0.39 is 0 Å². The molecule has 2 nitrogen and oxygen atoms in total. The van der Waals surface area contributed by atoms with Gasteiger partial charge in [0.15, 0.2) is 0 Å². The predicted molar refractivity (Wildman–Crippen MR) is 192 cm³/mol. The molecule has 0 fully saturated rings. The van der Waals surface area contributed by atoms with Crippen molar-refractivity contribution in [3.8, 4) is 50.6 Å². The predicted octanol–water partition coefficient (Wildman–Crippen LogP) is 12.2. The molecule has 1 aliphatic heterocycles. The third kappa shape index (κ3) is 3.65. The van der Waals surface area contributed by atoms with Gasteiger partial charge in [-0.3, -0.25) is 0 Å². The second-order valence-electron chi connectivity index (χ2n) is 12.1. The molecule has 0 amide bonds. The van der Waals surface area contributed by atoms with Crippen molar-refractivity contribution in [3.05, 3.63) is 164 Å². The Morgan fingerprint density at radius 3 is 1.98 bits per heavy atom. The summed E-state index contributed by atoms with van der Waals surface area (Å²) in [4.78, 5) is 0. The van der Waals surface area contributed by atoms with Crippen molar-refractivity contribution in [2.75, 3.05) is 0 Å². The van der Waals surface area contributed by atoms with Crippen molar-refractivity contribution >= 4 is 43.4 Å². The van der Waals surface area contributed by atoms with E-state index in [4.69, 9.17) is 4.74 Å². The summed E-state index contributed by atoms with van der Waals surface area (Å²) in [5.41, 5.74) is 10.7. The van der Waals surface area contributed by atoms with Crippen LogP contribution in [0.15, 0.2) is 164 Å². The maximum atomic E-state index is 6.41. The van der Waals surface area contributed by atoms with E-state index >= 15 is 0 Å². The van der Waals surface area contributed by atoms with Crippen molar-refractivity contribution in [3.63, 3.8) is 0 Å². The largest absolute Gasteiger partial charge is 0.456 e. The third-order valence-corrected chi connectivity index (χ3v) is 9.57. The number of rotatable bonds is 3. The van der Waals surface area contributed by atoms with E-state index in [1.165, 1.54) is 71.2 Å². The van der Waals surface area contributed by atoms with Crippen LogP contribution in [0.5, 0.6) is 11.5 Å². The van der Waals surface area contributed by atoms with Gasteiger partial charge in [0.25, 0.3) is 0 Å². The first-order valence-electron chi connectivity index (χ1n) is 15.8. The Morgan fingerprint density at radius 2 is 1.09 bits per heavy atom. The van der Waals surface area contributed by atoms with Gasteiger partial charge in [0.05, 0.1) is 11.0 Å². The zero-order valence-electron chi connectivity index (χ0n) is 24.9. The first-order valence-corrected chi connectivity index (χ1v) is 15.8. The van der Waals surface area contributed by atoms with Gasteiger partial charge in [-0.1, -0.05) is 127 Å². The van der Waals surface area contributed by atoms with Gasteiger partial charge in [-0.25, -0.2) is 0 Å². The Bertz CT molecular complexity index is 2670. The van der Waals surface area contributed by atoms with Gasteiger partial charge < -0.3 is 9.30 Å². The molecule has 2 heteroatoms. The number of para-hydroxylation sites is 1. The average molecular weight is 586 g/mol. The summed E-state index contributed by atoms with van der Waals surface area (Å²) in [5, 5.41) is 7.41. The molecule has 2 heterocycles. The van der Waals surface area contributed by atoms with Crippen LogP contribution in [-0.4, -0.2) is 4.57 Å². The lowest BCUT2D eigenvalue weighted by Crippen LogP contribution is -1.97. The Morgan fingerprint density at radius 1 is 0.391 bits per heavy atom. The van der Waals surface area contributed by atoms with Crippen LogP contribution in [0.4, 0.5) is 0 Å². The molecular formula is C44H27NO. The van der Waals surface area contributed by atoms with E-state index in [1.807, 2.05) is 0 Å². The fourth-order valence-corrected chi connectivity index (χ4v) is 7.53. The maximum Gasteiger partial charge on any atom is 0.135 e. The Kier molecular flexibility index (Phi) is 5.31. The molecule has 0 saturated heterocycles. The highest BCUT2D eigenvalue weighted by atomic mass is 16.5. The average Bonchev–Trinajstić information content (AvgIpc) is 3.47. The van der Waals surface area contributed by atoms with Crippen LogP contribution in [0.2, 0.25) is 0 Å². The second-order valence-corrected chi connectivity index (χ2v) is 12.1. The zero-order chi connectivity index (χ0) is 30.2. The summed E-state index contributed by atoms with van der Waals surface area (Å²) in [7, 11) is 0. The number of benzene rings is 8.